The van der Waals surface area contributed by atoms with Gasteiger partial charge in [-0.2, -0.15) is 8.78 Å². The Morgan fingerprint density at radius 3 is 2.55 bits per heavy atom. The van der Waals surface area contributed by atoms with Crippen molar-refractivity contribution in [2.75, 3.05) is 39.3 Å². The first-order valence-electron chi connectivity index (χ1n) is 7.24. The van der Waals surface area contributed by atoms with E-state index in [4.69, 9.17) is 5.11 Å². The van der Waals surface area contributed by atoms with Crippen molar-refractivity contribution in [1.82, 2.24) is 9.80 Å². The predicted molar refractivity (Wildman–Crippen MR) is 76.9 cm³/mol. The zero-order valence-corrected chi connectivity index (χ0v) is 12.3. The van der Waals surface area contributed by atoms with Crippen molar-refractivity contribution in [3.8, 4) is 5.75 Å². The summed E-state index contributed by atoms with van der Waals surface area (Å²) in [7, 11) is 0. The van der Waals surface area contributed by atoms with E-state index < -0.39 is 6.61 Å². The van der Waals surface area contributed by atoms with E-state index in [0.717, 1.165) is 0 Å². The number of carbonyl (C=O) groups is 1. The Bertz CT molecular complexity index is 491. The summed E-state index contributed by atoms with van der Waals surface area (Å²) in [5, 5.41) is 8.89. The molecular weight excluding hydrogens is 294 g/mol. The number of carbonyl (C=O) groups excluding carboxylic acids is 1. The number of β-amino-alcohol motifs (C(OH)–C–C–N with tert-alkyl or cyclic N) is 1. The van der Waals surface area contributed by atoms with E-state index in [9.17, 15) is 13.6 Å². The molecule has 0 bridgehead atoms. The maximum Gasteiger partial charge on any atom is 0.387 e. The largest absolute Gasteiger partial charge is 0.435 e. The lowest BCUT2D eigenvalue weighted by Crippen LogP contribution is -2.49. The number of hydrogen-bond acceptors (Lipinski definition) is 4. The second-order valence-electron chi connectivity index (χ2n) is 5.11. The summed E-state index contributed by atoms with van der Waals surface area (Å²) in [6, 6.07) is 6.35. The molecule has 5 nitrogen and oxygen atoms in total. The molecule has 7 heteroatoms. The van der Waals surface area contributed by atoms with Gasteiger partial charge in [-0.05, 0) is 6.07 Å². The zero-order valence-electron chi connectivity index (χ0n) is 12.3. The molecule has 122 valence electrons. The van der Waals surface area contributed by atoms with Crippen molar-refractivity contribution in [2.24, 2.45) is 0 Å². The van der Waals surface area contributed by atoms with Crippen LogP contribution in [0.1, 0.15) is 5.56 Å². The fraction of sp³-hybridized carbons (Fsp3) is 0.533. The minimum absolute atomic E-state index is 0.0445. The molecule has 1 aliphatic rings. The Morgan fingerprint density at radius 1 is 1.23 bits per heavy atom. The van der Waals surface area contributed by atoms with Gasteiger partial charge >= 0.3 is 6.61 Å². The molecule has 0 radical (unpaired) electrons. The first-order chi connectivity index (χ1) is 10.6. The number of aliphatic hydroxyl groups is 1. The highest BCUT2D eigenvalue weighted by Gasteiger charge is 2.22. The van der Waals surface area contributed by atoms with Gasteiger partial charge in [-0.15, -0.1) is 0 Å². The number of piperazine rings is 1. The molecule has 0 saturated carbocycles. The van der Waals surface area contributed by atoms with Crippen LogP contribution >= 0.6 is 0 Å². The van der Waals surface area contributed by atoms with Gasteiger partial charge < -0.3 is 14.7 Å². The maximum atomic E-state index is 12.4. The molecule has 0 unspecified atom stereocenters. The summed E-state index contributed by atoms with van der Waals surface area (Å²) in [4.78, 5) is 16.1. The predicted octanol–water partition coefficient (Wildman–Crippen LogP) is 0.967. The van der Waals surface area contributed by atoms with Crippen molar-refractivity contribution in [1.29, 1.82) is 0 Å². The molecule has 1 heterocycles. The van der Waals surface area contributed by atoms with Crippen LogP contribution in [0.5, 0.6) is 5.75 Å². The van der Waals surface area contributed by atoms with Gasteiger partial charge in [0.1, 0.15) is 5.75 Å². The molecule has 1 aromatic rings. The second-order valence-corrected chi connectivity index (χ2v) is 5.11. The Labute approximate surface area is 128 Å². The summed E-state index contributed by atoms with van der Waals surface area (Å²) in [6.07, 6.45) is 0.0445. The molecule has 1 amide bonds. The Balaban J connectivity index is 1.92. The van der Waals surface area contributed by atoms with Gasteiger partial charge in [0.2, 0.25) is 5.91 Å². The first kappa shape index (κ1) is 16.6. The molecule has 1 fully saturated rings. The van der Waals surface area contributed by atoms with Crippen molar-refractivity contribution < 1.29 is 23.4 Å². The Hall–Kier alpha value is -1.73. The highest BCUT2D eigenvalue weighted by molar-refractivity contribution is 5.79. The summed E-state index contributed by atoms with van der Waals surface area (Å²) >= 11 is 0. The zero-order chi connectivity index (χ0) is 15.9. The quantitative estimate of drug-likeness (QED) is 0.850. The smallest absolute Gasteiger partial charge is 0.387 e. The molecule has 22 heavy (non-hydrogen) atoms. The van der Waals surface area contributed by atoms with Crippen LogP contribution in [0.25, 0.3) is 0 Å². The third kappa shape index (κ3) is 4.64. The molecule has 0 aliphatic carbocycles. The van der Waals surface area contributed by atoms with Crippen molar-refractivity contribution in [3.05, 3.63) is 29.8 Å². The number of benzene rings is 1. The van der Waals surface area contributed by atoms with Gasteiger partial charge in [-0.25, -0.2) is 0 Å². The van der Waals surface area contributed by atoms with Crippen LogP contribution in [0.15, 0.2) is 24.3 Å². The molecule has 1 saturated heterocycles. The summed E-state index contributed by atoms with van der Waals surface area (Å²) in [5.41, 5.74) is 0.464. The number of hydrogen-bond donors (Lipinski definition) is 1. The van der Waals surface area contributed by atoms with E-state index in [-0.39, 0.29) is 24.7 Å². The fourth-order valence-electron chi connectivity index (χ4n) is 2.50. The molecule has 0 aromatic heterocycles. The summed E-state index contributed by atoms with van der Waals surface area (Å²) < 4.78 is 29.2. The van der Waals surface area contributed by atoms with Crippen LogP contribution in [-0.4, -0.2) is 66.8 Å². The molecular formula is C15H20F2N2O3. The second kappa shape index (κ2) is 8.05. The monoisotopic (exact) mass is 314 g/mol. The standard InChI is InChI=1S/C15H20F2N2O3/c16-15(17)22-13-4-2-1-3-12(13)11-14(21)19-7-5-18(6-8-19)9-10-20/h1-4,15,20H,5-11H2. The average molecular weight is 314 g/mol. The van der Waals surface area contributed by atoms with Gasteiger partial charge in [0, 0.05) is 38.3 Å². The van der Waals surface area contributed by atoms with Crippen LogP contribution in [0.2, 0.25) is 0 Å². The number of amides is 1. The van der Waals surface area contributed by atoms with Crippen LogP contribution in [0, 0.1) is 0 Å². The van der Waals surface area contributed by atoms with Gasteiger partial charge in [0.05, 0.1) is 13.0 Å². The number of para-hydroxylation sites is 1. The van der Waals surface area contributed by atoms with Crippen molar-refractivity contribution in [3.63, 3.8) is 0 Å². The minimum atomic E-state index is -2.90. The van der Waals surface area contributed by atoms with E-state index >= 15 is 0 Å². The number of alkyl halides is 2. The molecule has 0 spiro atoms. The van der Waals surface area contributed by atoms with E-state index in [1.54, 1.807) is 23.1 Å². The van der Waals surface area contributed by atoms with Crippen LogP contribution in [-0.2, 0) is 11.2 Å². The lowest BCUT2D eigenvalue weighted by atomic mass is 10.1. The molecule has 1 aromatic carbocycles. The highest BCUT2D eigenvalue weighted by atomic mass is 19.3. The van der Waals surface area contributed by atoms with E-state index in [2.05, 4.69) is 9.64 Å². The van der Waals surface area contributed by atoms with Gasteiger partial charge in [-0.3, -0.25) is 9.69 Å². The molecule has 1 N–H and O–H groups in total. The van der Waals surface area contributed by atoms with Crippen molar-refractivity contribution >= 4 is 5.91 Å². The number of nitrogens with zero attached hydrogens (tertiary/aromatic N) is 2. The van der Waals surface area contributed by atoms with E-state index in [1.807, 2.05) is 0 Å². The van der Waals surface area contributed by atoms with Gasteiger partial charge in [0.25, 0.3) is 0 Å². The average Bonchev–Trinajstić information content (AvgIpc) is 2.50. The summed E-state index contributed by atoms with van der Waals surface area (Å²) in [5.74, 6) is -0.0567. The normalized spacial score (nSPS) is 16.1. The van der Waals surface area contributed by atoms with E-state index in [1.165, 1.54) is 6.07 Å². The topological polar surface area (TPSA) is 53.0 Å². The number of rotatable bonds is 6. The minimum Gasteiger partial charge on any atom is -0.435 e. The lowest BCUT2D eigenvalue weighted by Gasteiger charge is -2.34. The van der Waals surface area contributed by atoms with Crippen LogP contribution in [0.3, 0.4) is 0 Å². The van der Waals surface area contributed by atoms with Crippen molar-refractivity contribution in [2.45, 2.75) is 13.0 Å². The number of ether oxygens (including phenoxy) is 1. The first-order valence-corrected chi connectivity index (χ1v) is 7.24. The van der Waals surface area contributed by atoms with Crippen LogP contribution < -0.4 is 4.74 Å². The highest BCUT2D eigenvalue weighted by Crippen LogP contribution is 2.21. The van der Waals surface area contributed by atoms with Crippen LogP contribution in [0.4, 0.5) is 8.78 Å². The molecule has 2 rings (SSSR count). The van der Waals surface area contributed by atoms with Gasteiger partial charge in [0.15, 0.2) is 0 Å². The number of aliphatic hydroxyl groups excluding tert-OH is 1. The summed E-state index contributed by atoms with van der Waals surface area (Å²) in [6.45, 7) is 0.383. The molecule has 0 atom stereocenters. The third-order valence-electron chi connectivity index (χ3n) is 3.67. The van der Waals surface area contributed by atoms with E-state index in [0.29, 0.717) is 38.3 Å². The molecule has 1 aliphatic heterocycles. The lowest BCUT2D eigenvalue weighted by molar-refractivity contribution is -0.132. The SMILES string of the molecule is O=C(Cc1ccccc1OC(F)F)N1CCN(CCO)CC1. The Morgan fingerprint density at radius 2 is 1.91 bits per heavy atom. The third-order valence-corrected chi connectivity index (χ3v) is 3.67. The fourth-order valence-corrected chi connectivity index (χ4v) is 2.50. The van der Waals surface area contributed by atoms with Gasteiger partial charge in [-0.1, -0.05) is 18.2 Å². The Kier molecular flexibility index (Phi) is 6.09. The maximum absolute atomic E-state index is 12.4. The number of halogens is 2.